The van der Waals surface area contributed by atoms with Crippen LogP contribution in [-0.4, -0.2) is 44.1 Å². The van der Waals surface area contributed by atoms with Crippen molar-refractivity contribution in [2.75, 3.05) is 6.54 Å². The van der Waals surface area contributed by atoms with E-state index < -0.39 is 36.2 Å². The van der Waals surface area contributed by atoms with E-state index in [4.69, 9.17) is 5.73 Å². The Bertz CT molecular complexity index is 1310. The number of pyridine rings is 1. The number of fused-ring (bicyclic) bond motifs is 1. The van der Waals surface area contributed by atoms with Gasteiger partial charge in [-0.2, -0.15) is 5.10 Å². The molecule has 3 aromatic rings. The molecule has 35 heavy (non-hydrogen) atoms. The number of nitrogens with zero attached hydrogens (tertiary/aromatic N) is 4. The Hall–Kier alpha value is -3.82. The van der Waals surface area contributed by atoms with Gasteiger partial charge in [0.1, 0.15) is 5.69 Å². The van der Waals surface area contributed by atoms with E-state index in [0.29, 0.717) is 30.0 Å². The van der Waals surface area contributed by atoms with E-state index in [0.717, 1.165) is 16.7 Å². The largest absolute Gasteiger partial charge is 0.365 e. The van der Waals surface area contributed by atoms with Crippen LogP contribution in [0.5, 0.6) is 0 Å². The van der Waals surface area contributed by atoms with Crippen LogP contribution in [0.2, 0.25) is 0 Å². The van der Waals surface area contributed by atoms with Crippen molar-refractivity contribution in [2.24, 2.45) is 5.73 Å². The molecule has 2 aromatic heterocycles. The first-order valence-electron chi connectivity index (χ1n) is 11.4. The minimum Gasteiger partial charge on any atom is -0.365 e. The van der Waals surface area contributed by atoms with Gasteiger partial charge in [-0.25, -0.2) is 13.6 Å². The standard InChI is InChI=1S/C25H26F2N6O2/c1-15-5-6-17(10-16(15)2)21-20(22(28)34)19-12-32(8-9-33(19)31-21)23(35)30-24(13-25(26,27)14-24)18-4-3-7-29-11-18/h3-7,10-11H,8-9,12-14H2,1-2H3,(H2,28,34)(H,30,35). The van der Waals surface area contributed by atoms with E-state index in [2.05, 4.69) is 15.4 Å². The fourth-order valence-corrected chi connectivity index (χ4v) is 4.97. The van der Waals surface area contributed by atoms with Crippen molar-refractivity contribution in [3.63, 3.8) is 0 Å². The van der Waals surface area contributed by atoms with E-state index in [1.165, 1.54) is 11.1 Å². The Morgan fingerprint density at radius 2 is 1.89 bits per heavy atom. The maximum atomic E-state index is 13.9. The fourth-order valence-electron chi connectivity index (χ4n) is 4.97. The third-order valence-electron chi connectivity index (χ3n) is 6.98. The molecular weight excluding hydrogens is 454 g/mol. The first-order valence-corrected chi connectivity index (χ1v) is 11.4. The number of amides is 3. The number of nitrogens with two attached hydrogens (primary N) is 1. The summed E-state index contributed by atoms with van der Waals surface area (Å²) in [5, 5.41) is 7.45. The van der Waals surface area contributed by atoms with Crippen molar-refractivity contribution < 1.29 is 18.4 Å². The Labute approximate surface area is 201 Å². The minimum absolute atomic E-state index is 0.0848. The number of aryl methyl sites for hydroxylation is 2. The summed E-state index contributed by atoms with van der Waals surface area (Å²) in [4.78, 5) is 31.2. The highest BCUT2D eigenvalue weighted by Crippen LogP contribution is 2.51. The number of primary amides is 1. The molecule has 2 aliphatic rings. The quantitative estimate of drug-likeness (QED) is 0.596. The van der Waals surface area contributed by atoms with Crippen LogP contribution in [0.25, 0.3) is 11.3 Å². The first kappa shape index (κ1) is 22.9. The molecule has 0 saturated heterocycles. The van der Waals surface area contributed by atoms with E-state index in [-0.39, 0.29) is 12.1 Å². The van der Waals surface area contributed by atoms with Crippen molar-refractivity contribution in [1.82, 2.24) is 25.0 Å². The summed E-state index contributed by atoms with van der Waals surface area (Å²) >= 11 is 0. The summed E-state index contributed by atoms with van der Waals surface area (Å²) in [6.45, 7) is 4.72. The number of alkyl halides is 2. The van der Waals surface area contributed by atoms with Crippen molar-refractivity contribution in [3.8, 4) is 11.3 Å². The third kappa shape index (κ3) is 4.02. The number of hydrogen-bond donors (Lipinski definition) is 2. The fraction of sp³-hybridized carbons (Fsp3) is 0.360. The van der Waals surface area contributed by atoms with Gasteiger partial charge in [-0.1, -0.05) is 18.2 Å². The van der Waals surface area contributed by atoms with Crippen LogP contribution in [0.15, 0.2) is 42.7 Å². The van der Waals surface area contributed by atoms with Gasteiger partial charge >= 0.3 is 6.03 Å². The summed E-state index contributed by atoms with van der Waals surface area (Å²) < 4.78 is 29.5. The number of carbonyl (C=O) groups excluding carboxylic acids is 2. The molecule has 1 aliphatic heterocycles. The Morgan fingerprint density at radius 3 is 2.51 bits per heavy atom. The number of aromatic nitrogens is 3. The Balaban J connectivity index is 1.43. The van der Waals surface area contributed by atoms with Crippen LogP contribution in [0, 0.1) is 13.8 Å². The Morgan fingerprint density at radius 1 is 1.11 bits per heavy atom. The average Bonchev–Trinajstić information content (AvgIpc) is 3.19. The van der Waals surface area contributed by atoms with Gasteiger partial charge in [-0.05, 0) is 42.7 Å². The number of benzene rings is 1. The van der Waals surface area contributed by atoms with Gasteiger partial charge in [0.15, 0.2) is 0 Å². The van der Waals surface area contributed by atoms with Crippen LogP contribution in [0.4, 0.5) is 13.6 Å². The normalized spacial score (nSPS) is 17.9. The summed E-state index contributed by atoms with van der Waals surface area (Å²) in [6, 6.07) is 8.66. The number of hydrogen-bond acceptors (Lipinski definition) is 4. The second-order valence-electron chi connectivity index (χ2n) is 9.44. The summed E-state index contributed by atoms with van der Waals surface area (Å²) in [6.07, 6.45) is 2.07. The number of urea groups is 1. The molecule has 1 fully saturated rings. The lowest BCUT2D eigenvalue weighted by Gasteiger charge is -2.48. The van der Waals surface area contributed by atoms with Gasteiger partial charge in [-0.15, -0.1) is 0 Å². The van der Waals surface area contributed by atoms with Gasteiger partial charge in [-0.3, -0.25) is 14.5 Å². The average molecular weight is 481 g/mol. The van der Waals surface area contributed by atoms with Gasteiger partial charge in [0.05, 0.1) is 29.9 Å². The predicted octanol–water partition coefficient (Wildman–Crippen LogP) is 3.51. The van der Waals surface area contributed by atoms with Gasteiger partial charge in [0.2, 0.25) is 0 Å². The summed E-state index contributed by atoms with van der Waals surface area (Å²) in [5.41, 5.74) is 9.31. The number of carbonyl (C=O) groups is 2. The zero-order valence-corrected chi connectivity index (χ0v) is 19.5. The third-order valence-corrected chi connectivity index (χ3v) is 6.98. The predicted molar refractivity (Wildman–Crippen MR) is 125 cm³/mol. The molecule has 10 heteroatoms. The van der Waals surface area contributed by atoms with Crippen molar-refractivity contribution in [2.45, 2.75) is 51.2 Å². The monoisotopic (exact) mass is 480 g/mol. The summed E-state index contributed by atoms with van der Waals surface area (Å²) in [5.74, 6) is -3.49. The molecule has 5 rings (SSSR count). The zero-order valence-electron chi connectivity index (χ0n) is 19.5. The molecule has 0 bridgehead atoms. The minimum atomic E-state index is -2.86. The van der Waals surface area contributed by atoms with Crippen LogP contribution >= 0.6 is 0 Å². The number of rotatable bonds is 4. The van der Waals surface area contributed by atoms with E-state index in [1.54, 1.807) is 23.0 Å². The molecule has 0 spiro atoms. The topological polar surface area (TPSA) is 106 Å². The van der Waals surface area contributed by atoms with Crippen LogP contribution in [0.3, 0.4) is 0 Å². The molecule has 0 unspecified atom stereocenters. The lowest BCUT2D eigenvalue weighted by Crippen LogP contribution is -2.62. The molecule has 1 aromatic carbocycles. The molecular formula is C25H26F2N6O2. The highest BCUT2D eigenvalue weighted by Gasteiger charge is 2.58. The molecule has 3 N–H and O–H groups in total. The van der Waals surface area contributed by atoms with Crippen molar-refractivity contribution in [3.05, 3.63) is 70.7 Å². The lowest BCUT2D eigenvalue weighted by molar-refractivity contribution is -0.134. The Kier molecular flexibility index (Phi) is 5.34. The van der Waals surface area contributed by atoms with E-state index in [9.17, 15) is 18.4 Å². The molecule has 8 nitrogen and oxygen atoms in total. The maximum Gasteiger partial charge on any atom is 0.318 e. The molecule has 0 radical (unpaired) electrons. The SMILES string of the molecule is Cc1ccc(-c2nn3c(c2C(N)=O)CN(C(=O)NC2(c4cccnc4)CC(F)(F)C2)CC3)cc1C. The van der Waals surface area contributed by atoms with Crippen molar-refractivity contribution in [1.29, 1.82) is 0 Å². The van der Waals surface area contributed by atoms with Gasteiger partial charge < -0.3 is 16.0 Å². The molecule has 182 valence electrons. The highest BCUT2D eigenvalue weighted by molar-refractivity contribution is 6.00. The molecule has 3 heterocycles. The smallest absolute Gasteiger partial charge is 0.318 e. The van der Waals surface area contributed by atoms with Crippen LogP contribution in [0.1, 0.15) is 45.6 Å². The van der Waals surface area contributed by atoms with Crippen molar-refractivity contribution >= 4 is 11.9 Å². The van der Waals surface area contributed by atoms with E-state index >= 15 is 0 Å². The molecule has 0 atom stereocenters. The summed E-state index contributed by atoms with van der Waals surface area (Å²) in [7, 11) is 0. The second kappa shape index (κ2) is 8.14. The van der Waals surface area contributed by atoms with Crippen LogP contribution in [-0.2, 0) is 18.6 Å². The maximum absolute atomic E-state index is 13.9. The highest BCUT2D eigenvalue weighted by atomic mass is 19.3. The van der Waals surface area contributed by atoms with E-state index in [1.807, 2.05) is 32.0 Å². The number of halogens is 2. The molecule has 1 saturated carbocycles. The number of nitrogens with one attached hydrogen (secondary N) is 1. The lowest BCUT2D eigenvalue weighted by atomic mass is 9.69. The first-order chi connectivity index (χ1) is 16.6. The van der Waals surface area contributed by atoms with Crippen LogP contribution < -0.4 is 11.1 Å². The second-order valence-corrected chi connectivity index (χ2v) is 9.44. The molecule has 1 aliphatic carbocycles. The molecule has 3 amide bonds. The zero-order chi connectivity index (χ0) is 25.0. The van der Waals surface area contributed by atoms with Gasteiger partial charge in [0.25, 0.3) is 11.8 Å². The van der Waals surface area contributed by atoms with Gasteiger partial charge in [0, 0.05) is 37.3 Å².